The Hall–Kier alpha value is -2.96. The Balaban J connectivity index is 2.02. The van der Waals surface area contributed by atoms with Gasteiger partial charge in [-0.25, -0.2) is 9.79 Å². The number of thiazole rings is 1. The van der Waals surface area contributed by atoms with Crippen molar-refractivity contribution in [3.8, 4) is 0 Å². The molecule has 1 atom stereocenters. The highest BCUT2D eigenvalue weighted by molar-refractivity contribution is 7.07. The lowest BCUT2D eigenvalue weighted by atomic mass is 9.96. The molecule has 0 spiro atoms. The smallest absolute Gasteiger partial charge is 0.338 e. The molecule has 1 aliphatic heterocycles. The number of carbonyl (C=O) groups is 1. The number of nitrogens with zero attached hydrogens (tertiary/aromatic N) is 2. The molecule has 5 nitrogen and oxygen atoms in total. The van der Waals surface area contributed by atoms with Crippen molar-refractivity contribution < 1.29 is 9.53 Å². The molecular weight excluding hydrogens is 408 g/mol. The van der Waals surface area contributed by atoms with Gasteiger partial charge in [0.2, 0.25) is 0 Å². The Labute approximate surface area is 175 Å². The second-order valence-corrected chi connectivity index (χ2v) is 7.92. The van der Waals surface area contributed by atoms with Gasteiger partial charge in [-0.3, -0.25) is 9.36 Å². The zero-order valence-corrected chi connectivity index (χ0v) is 17.3. The third-order valence-electron chi connectivity index (χ3n) is 4.72. The number of halogens is 1. The molecule has 4 rings (SSSR count). The van der Waals surface area contributed by atoms with Crippen molar-refractivity contribution in [2.45, 2.75) is 13.0 Å². The average Bonchev–Trinajstić information content (AvgIpc) is 3.02. The molecule has 0 radical (unpaired) electrons. The topological polar surface area (TPSA) is 60.7 Å². The summed E-state index contributed by atoms with van der Waals surface area (Å²) in [5.41, 5.74) is 2.15. The van der Waals surface area contributed by atoms with E-state index in [1.807, 2.05) is 48.5 Å². The summed E-state index contributed by atoms with van der Waals surface area (Å²) >= 11 is 7.73. The summed E-state index contributed by atoms with van der Waals surface area (Å²) in [6.45, 7) is 1.74. The van der Waals surface area contributed by atoms with Gasteiger partial charge in [-0.05, 0) is 30.2 Å². The van der Waals surface area contributed by atoms with Gasteiger partial charge >= 0.3 is 5.97 Å². The lowest BCUT2D eigenvalue weighted by molar-refractivity contribution is -0.136. The highest BCUT2D eigenvalue weighted by atomic mass is 35.5. The van der Waals surface area contributed by atoms with Gasteiger partial charge in [0.05, 0.1) is 22.9 Å². The fourth-order valence-corrected chi connectivity index (χ4v) is 4.67. The maximum atomic E-state index is 13.3. The molecule has 0 saturated carbocycles. The van der Waals surface area contributed by atoms with Crippen molar-refractivity contribution >= 4 is 35.0 Å². The molecule has 0 N–H and O–H groups in total. The average molecular weight is 425 g/mol. The SMILES string of the molecule is COC(=O)C1=C(C)N=c2s/c(=C\c3ccccc3)c(=O)n2C1c1ccccc1Cl. The van der Waals surface area contributed by atoms with Crippen LogP contribution in [0.2, 0.25) is 5.02 Å². The van der Waals surface area contributed by atoms with Crippen molar-refractivity contribution in [1.82, 2.24) is 4.57 Å². The van der Waals surface area contributed by atoms with E-state index >= 15 is 0 Å². The molecule has 0 aliphatic carbocycles. The van der Waals surface area contributed by atoms with Crippen LogP contribution in [0.5, 0.6) is 0 Å². The summed E-state index contributed by atoms with van der Waals surface area (Å²) in [5.74, 6) is -0.534. The molecule has 0 amide bonds. The number of esters is 1. The molecule has 0 saturated heterocycles. The normalized spacial score (nSPS) is 16.4. The lowest BCUT2D eigenvalue weighted by Crippen LogP contribution is -2.39. The van der Waals surface area contributed by atoms with Crippen LogP contribution in [0.4, 0.5) is 0 Å². The van der Waals surface area contributed by atoms with Crippen molar-refractivity contribution in [2.24, 2.45) is 4.99 Å². The fraction of sp³-hybridized carbons (Fsp3) is 0.136. The molecule has 7 heteroatoms. The monoisotopic (exact) mass is 424 g/mol. The second kappa shape index (κ2) is 7.81. The van der Waals surface area contributed by atoms with Crippen LogP contribution in [0.1, 0.15) is 24.1 Å². The Bertz CT molecular complexity index is 1310. The van der Waals surface area contributed by atoms with Crippen LogP contribution in [0.3, 0.4) is 0 Å². The largest absolute Gasteiger partial charge is 0.466 e. The number of methoxy groups -OCH3 is 1. The molecule has 3 aromatic rings. The molecule has 0 fully saturated rings. The van der Waals surface area contributed by atoms with E-state index in [9.17, 15) is 9.59 Å². The predicted molar refractivity (Wildman–Crippen MR) is 114 cm³/mol. The minimum Gasteiger partial charge on any atom is -0.466 e. The number of benzene rings is 2. The number of allylic oxidation sites excluding steroid dienone is 1. The van der Waals surface area contributed by atoms with E-state index < -0.39 is 12.0 Å². The van der Waals surface area contributed by atoms with Crippen LogP contribution >= 0.6 is 22.9 Å². The summed E-state index contributed by atoms with van der Waals surface area (Å²) in [6, 6.07) is 16.1. The fourth-order valence-electron chi connectivity index (χ4n) is 3.38. The molecule has 2 aromatic carbocycles. The predicted octanol–water partition coefficient (Wildman–Crippen LogP) is 3.06. The summed E-state index contributed by atoms with van der Waals surface area (Å²) < 4.78 is 7.05. The van der Waals surface area contributed by atoms with Gasteiger partial charge < -0.3 is 4.74 Å². The number of fused-ring (bicyclic) bond motifs is 1. The molecule has 146 valence electrons. The maximum Gasteiger partial charge on any atom is 0.338 e. The molecule has 29 heavy (non-hydrogen) atoms. The highest BCUT2D eigenvalue weighted by Crippen LogP contribution is 2.34. The van der Waals surface area contributed by atoms with E-state index in [-0.39, 0.29) is 5.56 Å². The minimum absolute atomic E-state index is 0.226. The third kappa shape index (κ3) is 3.45. The zero-order chi connectivity index (χ0) is 20.5. The number of hydrogen-bond acceptors (Lipinski definition) is 5. The second-order valence-electron chi connectivity index (χ2n) is 6.51. The van der Waals surface area contributed by atoms with Crippen molar-refractivity contribution in [2.75, 3.05) is 7.11 Å². The summed E-state index contributed by atoms with van der Waals surface area (Å²) in [4.78, 5) is 31.0. The van der Waals surface area contributed by atoms with Crippen LogP contribution in [-0.2, 0) is 9.53 Å². The van der Waals surface area contributed by atoms with Gasteiger partial charge in [-0.15, -0.1) is 0 Å². The first kappa shape index (κ1) is 19.4. The quantitative estimate of drug-likeness (QED) is 0.607. The van der Waals surface area contributed by atoms with Gasteiger partial charge in [0.1, 0.15) is 6.04 Å². The zero-order valence-electron chi connectivity index (χ0n) is 15.8. The standard InChI is InChI=1S/C22H17ClN2O3S/c1-13-18(21(27)28-2)19(15-10-6-7-11-16(15)23)25-20(26)17(29-22(25)24-13)12-14-8-4-3-5-9-14/h3-12,19H,1-2H3/b17-12-. The Kier molecular flexibility index (Phi) is 5.22. The number of rotatable bonds is 3. The maximum absolute atomic E-state index is 13.3. The minimum atomic E-state index is -0.703. The number of ether oxygens (including phenoxy) is 1. The Morgan fingerprint density at radius 1 is 1.17 bits per heavy atom. The first-order valence-electron chi connectivity index (χ1n) is 8.91. The van der Waals surface area contributed by atoms with Crippen molar-refractivity contribution in [3.63, 3.8) is 0 Å². The number of hydrogen-bond donors (Lipinski definition) is 0. The van der Waals surface area contributed by atoms with Gasteiger partial charge in [-0.1, -0.05) is 71.5 Å². The van der Waals surface area contributed by atoms with Gasteiger partial charge in [0, 0.05) is 5.02 Å². The Morgan fingerprint density at radius 2 is 1.86 bits per heavy atom. The summed E-state index contributed by atoms with van der Waals surface area (Å²) in [5, 5.41) is 0.464. The van der Waals surface area contributed by atoms with Gasteiger partial charge in [-0.2, -0.15) is 0 Å². The molecule has 0 bridgehead atoms. The van der Waals surface area contributed by atoms with E-state index in [1.54, 1.807) is 19.1 Å². The lowest BCUT2D eigenvalue weighted by Gasteiger charge is -2.25. The van der Waals surface area contributed by atoms with Crippen molar-refractivity contribution in [1.29, 1.82) is 0 Å². The summed E-state index contributed by atoms with van der Waals surface area (Å²) in [6.07, 6.45) is 1.82. The number of carbonyl (C=O) groups excluding carboxylic acids is 1. The van der Waals surface area contributed by atoms with Crippen molar-refractivity contribution in [3.05, 3.63) is 102 Å². The molecule has 1 aromatic heterocycles. The van der Waals surface area contributed by atoms with E-state index in [2.05, 4.69) is 4.99 Å². The van der Waals surface area contributed by atoms with E-state index in [0.29, 0.717) is 31.2 Å². The summed E-state index contributed by atoms with van der Waals surface area (Å²) in [7, 11) is 1.31. The first-order chi connectivity index (χ1) is 14.0. The van der Waals surface area contributed by atoms with Crippen LogP contribution in [0.25, 0.3) is 6.08 Å². The van der Waals surface area contributed by atoms with Gasteiger partial charge in [0.25, 0.3) is 5.56 Å². The van der Waals surface area contributed by atoms with Gasteiger partial charge in [0.15, 0.2) is 4.80 Å². The van der Waals surface area contributed by atoms with E-state index in [0.717, 1.165) is 5.56 Å². The van der Waals surface area contributed by atoms with E-state index in [4.69, 9.17) is 16.3 Å². The van der Waals surface area contributed by atoms with Crippen LogP contribution in [-0.4, -0.2) is 17.6 Å². The van der Waals surface area contributed by atoms with Crippen LogP contribution in [0.15, 0.2) is 75.7 Å². The molecule has 1 aliphatic rings. The highest BCUT2D eigenvalue weighted by Gasteiger charge is 2.34. The van der Waals surface area contributed by atoms with E-state index in [1.165, 1.54) is 23.0 Å². The Morgan fingerprint density at radius 3 is 2.55 bits per heavy atom. The third-order valence-corrected chi connectivity index (χ3v) is 6.05. The molecular formula is C22H17ClN2O3S. The first-order valence-corrected chi connectivity index (χ1v) is 10.1. The molecule has 1 unspecified atom stereocenters. The molecule has 2 heterocycles. The number of aromatic nitrogens is 1. The van der Waals surface area contributed by atoms with Crippen LogP contribution in [0, 0.1) is 0 Å². The van der Waals surface area contributed by atoms with Crippen LogP contribution < -0.4 is 14.9 Å².